The van der Waals surface area contributed by atoms with Crippen molar-refractivity contribution in [1.82, 2.24) is 5.32 Å². The van der Waals surface area contributed by atoms with E-state index in [-0.39, 0.29) is 12.5 Å². The fraction of sp³-hybridized carbons (Fsp3) is 0.300. The van der Waals surface area contributed by atoms with Crippen LogP contribution in [-0.2, 0) is 27.2 Å². The summed E-state index contributed by atoms with van der Waals surface area (Å²) in [6.45, 7) is 2.04. The Morgan fingerprint density at radius 1 is 1.08 bits per heavy atom. The Morgan fingerprint density at radius 2 is 1.76 bits per heavy atom. The van der Waals surface area contributed by atoms with Crippen LogP contribution in [0.2, 0.25) is 0 Å². The third-order valence-corrected chi connectivity index (χ3v) is 4.54. The molecule has 2 rings (SSSR count). The smallest absolute Gasteiger partial charge is 0.328 e. The summed E-state index contributed by atoms with van der Waals surface area (Å²) in [6.07, 6.45) is 1.34. The molecule has 0 aromatic heterocycles. The Bertz CT molecular complexity index is 703. The Kier molecular flexibility index (Phi) is 7.67. The standard InChI is InChI=1S/C20H22BrNO3/c1-2-25-20(24)18(14-15-8-4-3-5-9-15)22-19(23)13-12-16-10-6-7-11-17(16)21/h3-11,18H,2,12-14H2,1H3,(H,22,23). The minimum absolute atomic E-state index is 0.162. The highest BCUT2D eigenvalue weighted by Gasteiger charge is 2.22. The van der Waals surface area contributed by atoms with Crippen molar-refractivity contribution in [2.24, 2.45) is 0 Å². The van der Waals surface area contributed by atoms with Crippen LogP contribution in [0.3, 0.4) is 0 Å². The SMILES string of the molecule is CCOC(=O)C(Cc1ccccc1)NC(=O)CCc1ccccc1Br. The van der Waals surface area contributed by atoms with Crippen LogP contribution in [0.1, 0.15) is 24.5 Å². The van der Waals surface area contributed by atoms with Crippen molar-refractivity contribution in [2.75, 3.05) is 6.61 Å². The molecule has 132 valence electrons. The molecular weight excluding hydrogens is 382 g/mol. The number of carbonyl (C=O) groups is 2. The zero-order chi connectivity index (χ0) is 18.1. The normalized spacial score (nSPS) is 11.6. The number of carbonyl (C=O) groups excluding carboxylic acids is 2. The number of esters is 1. The Morgan fingerprint density at radius 3 is 2.44 bits per heavy atom. The van der Waals surface area contributed by atoms with Crippen LogP contribution in [0, 0.1) is 0 Å². The molecule has 4 nitrogen and oxygen atoms in total. The molecule has 1 atom stereocenters. The fourth-order valence-electron chi connectivity index (χ4n) is 2.50. The predicted molar refractivity (Wildman–Crippen MR) is 101 cm³/mol. The van der Waals surface area contributed by atoms with Crippen molar-refractivity contribution < 1.29 is 14.3 Å². The molecule has 0 fully saturated rings. The molecule has 0 saturated carbocycles. The second kappa shape index (κ2) is 9.99. The maximum absolute atomic E-state index is 12.3. The molecule has 25 heavy (non-hydrogen) atoms. The summed E-state index contributed by atoms with van der Waals surface area (Å²) in [5, 5.41) is 2.81. The van der Waals surface area contributed by atoms with E-state index in [2.05, 4.69) is 21.2 Å². The highest BCUT2D eigenvalue weighted by molar-refractivity contribution is 9.10. The van der Waals surface area contributed by atoms with Crippen LogP contribution in [-0.4, -0.2) is 24.5 Å². The van der Waals surface area contributed by atoms with E-state index in [0.29, 0.717) is 19.3 Å². The summed E-state index contributed by atoms with van der Waals surface area (Å²) in [5.74, 6) is -0.565. The average molecular weight is 404 g/mol. The molecule has 0 bridgehead atoms. The van der Waals surface area contributed by atoms with Crippen LogP contribution in [0.25, 0.3) is 0 Å². The van der Waals surface area contributed by atoms with Crippen molar-refractivity contribution >= 4 is 27.8 Å². The monoisotopic (exact) mass is 403 g/mol. The summed E-state index contributed by atoms with van der Waals surface area (Å²) in [7, 11) is 0. The number of aryl methyl sites for hydroxylation is 1. The van der Waals surface area contributed by atoms with Crippen molar-refractivity contribution in [3.63, 3.8) is 0 Å². The Hall–Kier alpha value is -2.14. The quantitative estimate of drug-likeness (QED) is 0.684. The summed E-state index contributed by atoms with van der Waals surface area (Å²) in [4.78, 5) is 24.5. The molecule has 2 aromatic carbocycles. The minimum atomic E-state index is -0.672. The van der Waals surface area contributed by atoms with Gasteiger partial charge in [-0.1, -0.05) is 64.5 Å². The third kappa shape index (κ3) is 6.35. The Balaban J connectivity index is 1.96. The van der Waals surface area contributed by atoms with E-state index in [4.69, 9.17) is 4.74 Å². The van der Waals surface area contributed by atoms with E-state index in [1.54, 1.807) is 6.92 Å². The van der Waals surface area contributed by atoms with Gasteiger partial charge in [0.05, 0.1) is 6.61 Å². The van der Waals surface area contributed by atoms with E-state index in [1.165, 1.54) is 0 Å². The summed E-state index contributed by atoms with van der Waals surface area (Å²) in [5.41, 5.74) is 2.04. The van der Waals surface area contributed by atoms with Gasteiger partial charge >= 0.3 is 5.97 Å². The van der Waals surface area contributed by atoms with Gasteiger partial charge in [-0.25, -0.2) is 4.79 Å². The lowest BCUT2D eigenvalue weighted by Gasteiger charge is -2.17. The van der Waals surface area contributed by atoms with Gasteiger partial charge in [-0.05, 0) is 30.5 Å². The number of hydrogen-bond donors (Lipinski definition) is 1. The fourth-order valence-corrected chi connectivity index (χ4v) is 2.98. The third-order valence-electron chi connectivity index (χ3n) is 3.77. The van der Waals surface area contributed by atoms with Gasteiger partial charge in [0, 0.05) is 17.3 Å². The first kappa shape index (κ1) is 19.2. The van der Waals surface area contributed by atoms with Gasteiger partial charge in [0.2, 0.25) is 5.91 Å². The second-order valence-electron chi connectivity index (χ2n) is 5.65. The molecule has 0 saturated heterocycles. The first-order valence-electron chi connectivity index (χ1n) is 8.33. The van der Waals surface area contributed by atoms with E-state index in [0.717, 1.165) is 15.6 Å². The molecular formula is C20H22BrNO3. The van der Waals surface area contributed by atoms with Gasteiger partial charge in [0.25, 0.3) is 0 Å². The van der Waals surface area contributed by atoms with Gasteiger partial charge in [0.15, 0.2) is 0 Å². The molecule has 2 aromatic rings. The molecule has 1 N–H and O–H groups in total. The van der Waals surface area contributed by atoms with Crippen LogP contribution < -0.4 is 5.32 Å². The highest BCUT2D eigenvalue weighted by atomic mass is 79.9. The number of halogens is 1. The van der Waals surface area contributed by atoms with Gasteiger partial charge < -0.3 is 10.1 Å². The first-order chi connectivity index (χ1) is 12.1. The number of rotatable bonds is 8. The van der Waals surface area contributed by atoms with E-state index in [1.807, 2.05) is 54.6 Å². The molecule has 1 amide bonds. The second-order valence-corrected chi connectivity index (χ2v) is 6.51. The van der Waals surface area contributed by atoms with Crippen molar-refractivity contribution in [3.8, 4) is 0 Å². The number of ether oxygens (including phenoxy) is 1. The highest BCUT2D eigenvalue weighted by Crippen LogP contribution is 2.17. The topological polar surface area (TPSA) is 55.4 Å². The van der Waals surface area contributed by atoms with Crippen LogP contribution >= 0.6 is 15.9 Å². The minimum Gasteiger partial charge on any atom is -0.464 e. The van der Waals surface area contributed by atoms with Gasteiger partial charge in [0.1, 0.15) is 6.04 Å². The maximum Gasteiger partial charge on any atom is 0.328 e. The van der Waals surface area contributed by atoms with Gasteiger partial charge in [-0.15, -0.1) is 0 Å². The number of amides is 1. The van der Waals surface area contributed by atoms with Crippen LogP contribution in [0.5, 0.6) is 0 Å². The predicted octanol–water partition coefficient (Wildman–Crippen LogP) is 3.67. The van der Waals surface area contributed by atoms with Crippen molar-refractivity contribution in [3.05, 3.63) is 70.2 Å². The zero-order valence-electron chi connectivity index (χ0n) is 14.2. The number of benzene rings is 2. The van der Waals surface area contributed by atoms with Crippen molar-refractivity contribution in [2.45, 2.75) is 32.2 Å². The van der Waals surface area contributed by atoms with Crippen LogP contribution in [0.15, 0.2) is 59.1 Å². The molecule has 0 aliphatic rings. The first-order valence-corrected chi connectivity index (χ1v) is 9.12. The number of nitrogens with one attached hydrogen (secondary N) is 1. The summed E-state index contributed by atoms with van der Waals surface area (Å²) < 4.78 is 6.08. The van der Waals surface area contributed by atoms with Gasteiger partial charge in [-0.3, -0.25) is 4.79 Å². The molecule has 0 aliphatic heterocycles. The van der Waals surface area contributed by atoms with Gasteiger partial charge in [-0.2, -0.15) is 0 Å². The molecule has 0 heterocycles. The largest absolute Gasteiger partial charge is 0.464 e. The maximum atomic E-state index is 12.3. The lowest BCUT2D eigenvalue weighted by molar-refractivity contribution is -0.147. The molecule has 1 unspecified atom stereocenters. The van der Waals surface area contributed by atoms with E-state index in [9.17, 15) is 9.59 Å². The lowest BCUT2D eigenvalue weighted by Crippen LogP contribution is -2.43. The average Bonchev–Trinajstić information content (AvgIpc) is 2.61. The molecule has 0 radical (unpaired) electrons. The summed E-state index contributed by atoms with van der Waals surface area (Å²) in [6, 6.07) is 16.7. The van der Waals surface area contributed by atoms with Crippen molar-refractivity contribution in [1.29, 1.82) is 0 Å². The zero-order valence-corrected chi connectivity index (χ0v) is 15.8. The summed E-state index contributed by atoms with van der Waals surface area (Å²) >= 11 is 3.48. The lowest BCUT2D eigenvalue weighted by atomic mass is 10.1. The molecule has 5 heteroatoms. The van der Waals surface area contributed by atoms with E-state index >= 15 is 0 Å². The number of hydrogen-bond acceptors (Lipinski definition) is 3. The Labute approximate surface area is 156 Å². The molecule has 0 aliphatic carbocycles. The van der Waals surface area contributed by atoms with Crippen LogP contribution in [0.4, 0.5) is 0 Å². The molecule has 0 spiro atoms. The van der Waals surface area contributed by atoms with E-state index < -0.39 is 12.0 Å².